The molecule has 4 aromatic rings. The van der Waals surface area contributed by atoms with Gasteiger partial charge in [0.1, 0.15) is 5.00 Å². The molecule has 9 nitrogen and oxygen atoms in total. The normalized spacial score (nSPS) is 12.3. The lowest BCUT2D eigenvalue weighted by atomic mass is 10.2. The molecule has 1 N–H and O–H groups in total. The molecule has 0 bridgehead atoms. The van der Waals surface area contributed by atoms with Crippen LogP contribution >= 0.6 is 11.3 Å². The van der Waals surface area contributed by atoms with Crippen LogP contribution in [-0.4, -0.2) is 35.1 Å². The smallest absolute Gasteiger partial charge is 0.359 e. The van der Waals surface area contributed by atoms with E-state index in [1.165, 1.54) is 6.08 Å². The third kappa shape index (κ3) is 4.38. The van der Waals surface area contributed by atoms with Gasteiger partial charge >= 0.3 is 5.97 Å². The van der Waals surface area contributed by atoms with E-state index < -0.39 is 17.4 Å². The average Bonchev–Trinajstić information content (AvgIpc) is 3.51. The van der Waals surface area contributed by atoms with Gasteiger partial charge in [-0.2, -0.15) is 9.78 Å². The second kappa shape index (κ2) is 9.43. The van der Waals surface area contributed by atoms with Gasteiger partial charge in [0.2, 0.25) is 12.7 Å². The van der Waals surface area contributed by atoms with Gasteiger partial charge in [0.05, 0.1) is 17.7 Å². The second-order valence-corrected chi connectivity index (χ2v) is 8.29. The van der Waals surface area contributed by atoms with Crippen molar-refractivity contribution in [2.75, 3.05) is 18.7 Å². The van der Waals surface area contributed by atoms with E-state index in [-0.39, 0.29) is 24.5 Å². The summed E-state index contributed by atoms with van der Waals surface area (Å²) >= 11 is 1.13. The first-order chi connectivity index (χ1) is 17.0. The lowest BCUT2D eigenvalue weighted by Gasteiger charge is -2.09. The number of hydrogen-bond acceptors (Lipinski definition) is 8. The van der Waals surface area contributed by atoms with Crippen molar-refractivity contribution in [3.8, 4) is 17.2 Å². The maximum atomic E-state index is 13.4. The van der Waals surface area contributed by atoms with E-state index in [9.17, 15) is 14.4 Å². The highest BCUT2D eigenvalue weighted by atomic mass is 32.1. The first-order valence-electron chi connectivity index (χ1n) is 10.7. The van der Waals surface area contributed by atoms with Crippen LogP contribution in [0.5, 0.6) is 11.5 Å². The van der Waals surface area contributed by atoms with Crippen molar-refractivity contribution in [2.24, 2.45) is 0 Å². The zero-order chi connectivity index (χ0) is 24.4. The fraction of sp³-hybridized carbons (Fsp3) is 0.120. The summed E-state index contributed by atoms with van der Waals surface area (Å²) in [6, 6.07) is 14.1. The standard InChI is InChI=1S/C25H19N3O6S/c1-2-32-25(31)22-17-13-35-23(21(17)24(30)28(27-22)16-6-4-3-5-7-16)26-20(29)11-9-15-8-10-18-19(12-15)34-14-33-18/h3-13H,2,14H2,1H3,(H,26,29). The topological polar surface area (TPSA) is 109 Å². The first-order valence-corrected chi connectivity index (χ1v) is 11.6. The number of aromatic nitrogens is 2. The average molecular weight is 490 g/mol. The van der Waals surface area contributed by atoms with Gasteiger partial charge in [-0.25, -0.2) is 4.79 Å². The molecule has 2 aromatic heterocycles. The Bertz CT molecular complexity index is 1520. The van der Waals surface area contributed by atoms with E-state index in [0.29, 0.717) is 27.6 Å². The molecule has 0 atom stereocenters. The molecule has 10 heteroatoms. The van der Waals surface area contributed by atoms with Crippen molar-refractivity contribution in [1.82, 2.24) is 9.78 Å². The van der Waals surface area contributed by atoms with Crippen LogP contribution in [-0.2, 0) is 9.53 Å². The molecule has 0 fully saturated rings. The maximum Gasteiger partial charge on any atom is 0.359 e. The molecular weight excluding hydrogens is 470 g/mol. The number of ether oxygens (including phenoxy) is 3. The number of carbonyl (C=O) groups excluding carboxylic acids is 2. The summed E-state index contributed by atoms with van der Waals surface area (Å²) in [5, 5.41) is 9.45. The molecule has 1 amide bonds. The number of amides is 1. The van der Waals surface area contributed by atoms with Gasteiger partial charge < -0.3 is 19.5 Å². The number of para-hydroxylation sites is 1. The molecule has 0 aliphatic carbocycles. The van der Waals surface area contributed by atoms with Crippen molar-refractivity contribution in [1.29, 1.82) is 0 Å². The van der Waals surface area contributed by atoms with Crippen LogP contribution in [0.4, 0.5) is 5.00 Å². The van der Waals surface area contributed by atoms with Crippen LogP contribution in [0.2, 0.25) is 0 Å². The molecule has 1 aliphatic heterocycles. The van der Waals surface area contributed by atoms with Crippen molar-refractivity contribution < 1.29 is 23.8 Å². The maximum absolute atomic E-state index is 13.4. The highest BCUT2D eigenvalue weighted by Crippen LogP contribution is 2.33. The predicted molar refractivity (Wildman–Crippen MR) is 131 cm³/mol. The molecule has 0 saturated carbocycles. The first kappa shape index (κ1) is 22.4. The Hall–Kier alpha value is -4.44. The van der Waals surface area contributed by atoms with Gasteiger partial charge in [-0.1, -0.05) is 24.3 Å². The minimum absolute atomic E-state index is 0.00189. The lowest BCUT2D eigenvalue weighted by molar-refractivity contribution is -0.111. The lowest BCUT2D eigenvalue weighted by Crippen LogP contribution is -2.25. The Kier molecular flexibility index (Phi) is 6.02. The molecule has 0 radical (unpaired) electrons. The molecular formula is C25H19N3O6S. The number of nitrogens with one attached hydrogen (secondary N) is 1. The zero-order valence-corrected chi connectivity index (χ0v) is 19.3. The van der Waals surface area contributed by atoms with Gasteiger partial charge in [-0.3, -0.25) is 9.59 Å². The van der Waals surface area contributed by atoms with E-state index in [1.807, 2.05) is 6.07 Å². The largest absolute Gasteiger partial charge is 0.461 e. The molecule has 1 aliphatic rings. The minimum Gasteiger partial charge on any atom is -0.461 e. The van der Waals surface area contributed by atoms with Crippen molar-refractivity contribution in [3.63, 3.8) is 0 Å². The van der Waals surface area contributed by atoms with Gasteiger partial charge in [0, 0.05) is 16.8 Å². The number of nitrogens with zero attached hydrogens (tertiary/aromatic N) is 2. The third-order valence-corrected chi connectivity index (χ3v) is 6.08. The van der Waals surface area contributed by atoms with Crippen molar-refractivity contribution >= 4 is 45.1 Å². The van der Waals surface area contributed by atoms with E-state index in [0.717, 1.165) is 21.6 Å². The summed E-state index contributed by atoms with van der Waals surface area (Å²) in [5.41, 5.74) is 0.769. The quantitative estimate of drug-likeness (QED) is 0.322. The SMILES string of the molecule is CCOC(=O)c1nn(-c2ccccc2)c(=O)c2c(NC(=O)C=Cc3ccc4c(c3)OCO4)scc12. The molecule has 176 valence electrons. The fourth-order valence-electron chi connectivity index (χ4n) is 3.58. The number of carbonyl (C=O) groups is 2. The van der Waals surface area contributed by atoms with E-state index in [1.54, 1.807) is 60.8 Å². The molecule has 0 spiro atoms. The Morgan fingerprint density at radius 2 is 1.97 bits per heavy atom. The Morgan fingerprint density at radius 3 is 2.77 bits per heavy atom. The summed E-state index contributed by atoms with van der Waals surface area (Å²) in [4.78, 5) is 38.7. The summed E-state index contributed by atoms with van der Waals surface area (Å²) in [5.74, 6) is 0.168. The zero-order valence-electron chi connectivity index (χ0n) is 18.5. The number of thiophene rings is 1. The monoisotopic (exact) mass is 489 g/mol. The molecule has 0 saturated heterocycles. The Balaban J connectivity index is 1.50. The van der Waals surface area contributed by atoms with Crippen LogP contribution in [0.15, 0.2) is 64.8 Å². The number of esters is 1. The highest BCUT2D eigenvalue weighted by Gasteiger charge is 2.23. The van der Waals surface area contributed by atoms with E-state index >= 15 is 0 Å². The van der Waals surface area contributed by atoms with Gasteiger partial charge in [0.25, 0.3) is 5.56 Å². The summed E-state index contributed by atoms with van der Waals surface area (Å²) in [7, 11) is 0. The van der Waals surface area contributed by atoms with Crippen LogP contribution in [0, 0.1) is 0 Å². The van der Waals surface area contributed by atoms with Crippen molar-refractivity contribution in [2.45, 2.75) is 6.92 Å². The van der Waals surface area contributed by atoms with Crippen LogP contribution in [0.3, 0.4) is 0 Å². The second-order valence-electron chi connectivity index (χ2n) is 7.41. The summed E-state index contributed by atoms with van der Waals surface area (Å²) in [6.07, 6.45) is 2.98. The van der Waals surface area contributed by atoms with Crippen molar-refractivity contribution in [3.05, 3.63) is 81.6 Å². The Morgan fingerprint density at radius 1 is 1.17 bits per heavy atom. The molecule has 5 rings (SSSR count). The number of rotatable bonds is 6. The van der Waals surface area contributed by atoms with Gasteiger partial charge in [-0.15, -0.1) is 11.3 Å². The van der Waals surface area contributed by atoms with Crippen LogP contribution < -0.4 is 20.3 Å². The summed E-state index contributed by atoms with van der Waals surface area (Å²) < 4.78 is 16.9. The number of anilines is 1. The van der Waals surface area contributed by atoms with Crippen LogP contribution in [0.1, 0.15) is 23.0 Å². The number of fused-ring (bicyclic) bond motifs is 2. The minimum atomic E-state index is -0.652. The fourth-order valence-corrected chi connectivity index (χ4v) is 4.52. The number of benzene rings is 2. The van der Waals surface area contributed by atoms with E-state index in [2.05, 4.69) is 10.4 Å². The molecule has 35 heavy (non-hydrogen) atoms. The van der Waals surface area contributed by atoms with Crippen LogP contribution in [0.25, 0.3) is 22.5 Å². The molecule has 2 aromatic carbocycles. The van der Waals surface area contributed by atoms with Gasteiger partial charge in [-0.05, 0) is 42.8 Å². The molecule has 3 heterocycles. The molecule has 0 unspecified atom stereocenters. The number of hydrogen-bond donors (Lipinski definition) is 1. The third-order valence-electron chi connectivity index (χ3n) is 5.18. The highest BCUT2D eigenvalue weighted by molar-refractivity contribution is 7.16. The Labute approximate surface area is 203 Å². The summed E-state index contributed by atoms with van der Waals surface area (Å²) in [6.45, 7) is 2.01. The van der Waals surface area contributed by atoms with E-state index in [4.69, 9.17) is 14.2 Å². The van der Waals surface area contributed by atoms with Gasteiger partial charge in [0.15, 0.2) is 17.2 Å². The predicted octanol–water partition coefficient (Wildman–Crippen LogP) is 4.00.